The van der Waals surface area contributed by atoms with Gasteiger partial charge in [-0.3, -0.25) is 15.0 Å². The van der Waals surface area contributed by atoms with Crippen LogP contribution in [0.1, 0.15) is 26.5 Å². The van der Waals surface area contributed by atoms with Crippen LogP contribution in [0.3, 0.4) is 0 Å². The summed E-state index contributed by atoms with van der Waals surface area (Å²) in [7, 11) is 1.77. The topological polar surface area (TPSA) is 107 Å². The number of urea groups is 1. The molecule has 3 aromatic heterocycles. The van der Waals surface area contributed by atoms with Gasteiger partial charge < -0.3 is 14.6 Å². The molecule has 2 amide bonds. The first-order valence-electron chi connectivity index (χ1n) is 10.3. The number of ether oxygens (including phenoxy) is 1. The molecule has 1 aromatic carbocycles. The van der Waals surface area contributed by atoms with Crippen LogP contribution >= 0.6 is 0 Å². The zero-order valence-corrected chi connectivity index (χ0v) is 18.9. The number of halogens is 2. The molecule has 34 heavy (non-hydrogen) atoms. The third-order valence-electron chi connectivity index (χ3n) is 4.77. The Balaban J connectivity index is 1.46. The maximum Gasteiger partial charge on any atom is 0.326 e. The summed E-state index contributed by atoms with van der Waals surface area (Å²) in [5, 5.41) is 12.6. The van der Waals surface area contributed by atoms with Crippen molar-refractivity contribution in [2.24, 2.45) is 7.05 Å². The lowest BCUT2D eigenvalue weighted by Crippen LogP contribution is -2.20. The van der Waals surface area contributed by atoms with Gasteiger partial charge in [-0.05, 0) is 18.2 Å². The normalized spacial score (nSPS) is 11.4. The summed E-state index contributed by atoms with van der Waals surface area (Å²) in [5.74, 6) is -2.55. The number of benzene rings is 1. The number of amides is 2. The van der Waals surface area contributed by atoms with Crippen LogP contribution < -0.4 is 15.4 Å². The van der Waals surface area contributed by atoms with Crippen molar-refractivity contribution < 1.29 is 22.8 Å². The molecule has 0 radical (unpaired) electrons. The molecule has 0 saturated carbocycles. The van der Waals surface area contributed by atoms with Crippen molar-refractivity contribution in [2.45, 2.75) is 26.2 Å². The molecule has 11 heteroatoms. The molecule has 9 nitrogen and oxygen atoms in total. The molecule has 0 bridgehead atoms. The van der Waals surface area contributed by atoms with Gasteiger partial charge in [0.1, 0.15) is 5.75 Å². The summed E-state index contributed by atoms with van der Waals surface area (Å²) in [4.78, 5) is 16.4. The number of aryl methyl sites for hydroxylation is 1. The number of aromatic nitrogens is 4. The Morgan fingerprint density at radius 2 is 1.91 bits per heavy atom. The first-order chi connectivity index (χ1) is 16.1. The Morgan fingerprint density at radius 3 is 2.59 bits per heavy atom. The first kappa shape index (κ1) is 22.9. The molecule has 4 aromatic rings. The van der Waals surface area contributed by atoms with Crippen molar-refractivity contribution in [1.82, 2.24) is 19.9 Å². The van der Waals surface area contributed by atoms with E-state index in [2.05, 4.69) is 25.9 Å². The summed E-state index contributed by atoms with van der Waals surface area (Å²) < 4.78 is 41.5. The standard InChI is InChI=1S/C23H22F2N6O3/c1-23(2,3)18-10-19(34-30-18)29-22(32)28-15-5-6-17(21(25)20(15)24)33-14-7-8-26-16(9-14)13-11-27-31(4)12-13/h5-12H,1-4H3,(H2,28,29,32). The summed E-state index contributed by atoms with van der Waals surface area (Å²) >= 11 is 0. The minimum atomic E-state index is -1.28. The molecule has 0 fully saturated rings. The van der Waals surface area contributed by atoms with Gasteiger partial charge in [-0.25, -0.2) is 9.18 Å². The van der Waals surface area contributed by atoms with Gasteiger partial charge in [0.25, 0.3) is 0 Å². The van der Waals surface area contributed by atoms with E-state index in [1.54, 1.807) is 36.3 Å². The van der Waals surface area contributed by atoms with E-state index in [0.717, 1.165) is 5.56 Å². The Hall–Kier alpha value is -4.28. The highest BCUT2D eigenvalue weighted by molar-refractivity contribution is 5.99. The van der Waals surface area contributed by atoms with E-state index in [-0.39, 0.29) is 28.5 Å². The number of anilines is 2. The van der Waals surface area contributed by atoms with Gasteiger partial charge in [-0.2, -0.15) is 9.49 Å². The van der Waals surface area contributed by atoms with Crippen LogP contribution in [-0.4, -0.2) is 26.0 Å². The minimum absolute atomic E-state index is 0.0744. The van der Waals surface area contributed by atoms with E-state index >= 15 is 0 Å². The van der Waals surface area contributed by atoms with Crippen LogP contribution in [0.4, 0.5) is 25.1 Å². The van der Waals surface area contributed by atoms with Crippen molar-refractivity contribution in [1.29, 1.82) is 0 Å². The maximum absolute atomic E-state index is 14.7. The van der Waals surface area contributed by atoms with Crippen molar-refractivity contribution in [3.8, 4) is 22.8 Å². The number of carbonyl (C=O) groups is 1. The molecule has 176 valence electrons. The Labute approximate surface area is 193 Å². The second-order valence-corrected chi connectivity index (χ2v) is 8.53. The molecule has 0 atom stereocenters. The van der Waals surface area contributed by atoms with Gasteiger partial charge in [0.05, 0.1) is 23.3 Å². The Bertz CT molecular complexity index is 1340. The van der Waals surface area contributed by atoms with E-state index in [1.165, 1.54) is 24.4 Å². The molecule has 4 rings (SSSR count). The average molecular weight is 468 g/mol. The molecule has 0 aliphatic heterocycles. The molecular formula is C23H22F2N6O3. The smallest absolute Gasteiger partial charge is 0.326 e. The van der Waals surface area contributed by atoms with E-state index < -0.39 is 17.7 Å². The summed E-state index contributed by atoms with van der Waals surface area (Å²) in [6.07, 6.45) is 4.88. The van der Waals surface area contributed by atoms with Gasteiger partial charge in [0.2, 0.25) is 11.7 Å². The number of rotatable bonds is 5. The quantitative estimate of drug-likeness (QED) is 0.402. The summed E-state index contributed by atoms with van der Waals surface area (Å²) in [6, 6.07) is 6.24. The molecule has 0 aliphatic carbocycles. The van der Waals surface area contributed by atoms with E-state index in [1.807, 2.05) is 20.8 Å². The number of nitrogens with zero attached hydrogens (tertiary/aromatic N) is 4. The Morgan fingerprint density at radius 1 is 1.12 bits per heavy atom. The average Bonchev–Trinajstić information content (AvgIpc) is 3.43. The molecule has 0 spiro atoms. The van der Waals surface area contributed by atoms with Crippen LogP contribution in [-0.2, 0) is 12.5 Å². The van der Waals surface area contributed by atoms with Crippen molar-refractivity contribution in [2.75, 3.05) is 10.6 Å². The zero-order chi connectivity index (χ0) is 24.5. The highest BCUT2D eigenvalue weighted by Crippen LogP contribution is 2.31. The molecule has 0 saturated heterocycles. The van der Waals surface area contributed by atoms with Crippen LogP contribution in [0.5, 0.6) is 11.5 Å². The van der Waals surface area contributed by atoms with Gasteiger partial charge in [-0.15, -0.1) is 0 Å². The van der Waals surface area contributed by atoms with Crippen molar-refractivity contribution in [3.63, 3.8) is 0 Å². The summed E-state index contributed by atoms with van der Waals surface area (Å²) in [6.45, 7) is 5.80. The Kier molecular flexibility index (Phi) is 6.01. The van der Waals surface area contributed by atoms with Crippen LogP contribution in [0.2, 0.25) is 0 Å². The fourth-order valence-corrected chi connectivity index (χ4v) is 2.97. The van der Waals surface area contributed by atoms with E-state index in [0.29, 0.717) is 11.4 Å². The SMILES string of the molecule is Cn1cc(-c2cc(Oc3ccc(NC(=O)Nc4cc(C(C)(C)C)no4)c(F)c3F)ccn2)cn1. The number of hydrogen-bond acceptors (Lipinski definition) is 6. The zero-order valence-electron chi connectivity index (χ0n) is 18.9. The lowest BCUT2D eigenvalue weighted by Gasteiger charge is -2.12. The fourth-order valence-electron chi connectivity index (χ4n) is 2.97. The number of carbonyl (C=O) groups excluding carboxylic acids is 1. The largest absolute Gasteiger partial charge is 0.454 e. The molecular weight excluding hydrogens is 446 g/mol. The highest BCUT2D eigenvalue weighted by Gasteiger charge is 2.21. The molecule has 0 unspecified atom stereocenters. The maximum atomic E-state index is 14.7. The van der Waals surface area contributed by atoms with E-state index in [9.17, 15) is 13.6 Å². The second-order valence-electron chi connectivity index (χ2n) is 8.53. The van der Waals surface area contributed by atoms with Crippen molar-refractivity contribution in [3.05, 3.63) is 66.3 Å². The minimum Gasteiger partial charge on any atom is -0.454 e. The van der Waals surface area contributed by atoms with Gasteiger partial charge >= 0.3 is 6.03 Å². The number of nitrogens with one attached hydrogen (secondary N) is 2. The van der Waals surface area contributed by atoms with E-state index in [4.69, 9.17) is 9.26 Å². The lowest BCUT2D eigenvalue weighted by atomic mass is 9.92. The molecule has 3 heterocycles. The van der Waals surface area contributed by atoms with Crippen molar-refractivity contribution >= 4 is 17.6 Å². The highest BCUT2D eigenvalue weighted by atomic mass is 19.2. The van der Waals surface area contributed by atoms with Gasteiger partial charge in [-0.1, -0.05) is 25.9 Å². The van der Waals surface area contributed by atoms with Crippen LogP contribution in [0.25, 0.3) is 11.3 Å². The predicted octanol–water partition coefficient (Wildman–Crippen LogP) is 5.48. The number of hydrogen-bond donors (Lipinski definition) is 2. The second kappa shape index (κ2) is 8.93. The van der Waals surface area contributed by atoms with Crippen LogP contribution in [0, 0.1) is 11.6 Å². The third kappa shape index (κ3) is 5.03. The van der Waals surface area contributed by atoms with Crippen LogP contribution in [0.15, 0.2) is 53.4 Å². The predicted molar refractivity (Wildman–Crippen MR) is 121 cm³/mol. The lowest BCUT2D eigenvalue weighted by molar-refractivity contribution is 0.261. The number of pyridine rings is 1. The monoisotopic (exact) mass is 468 g/mol. The van der Waals surface area contributed by atoms with Gasteiger partial charge in [0.15, 0.2) is 11.6 Å². The molecule has 2 N–H and O–H groups in total. The third-order valence-corrected chi connectivity index (χ3v) is 4.77. The van der Waals surface area contributed by atoms with Gasteiger partial charge in [0, 0.05) is 42.6 Å². The summed E-state index contributed by atoms with van der Waals surface area (Å²) in [5.41, 5.74) is 1.28. The first-order valence-corrected chi connectivity index (χ1v) is 10.3. The fraction of sp³-hybridized carbons (Fsp3) is 0.217. The molecule has 0 aliphatic rings.